The van der Waals surface area contributed by atoms with Crippen LogP contribution in [-0.4, -0.2) is 24.0 Å². The van der Waals surface area contributed by atoms with Crippen molar-refractivity contribution in [1.82, 2.24) is 10.3 Å². The molecular formula is C17H23IN4. The van der Waals surface area contributed by atoms with Gasteiger partial charge in [-0.15, -0.1) is 24.0 Å². The van der Waals surface area contributed by atoms with Gasteiger partial charge in [-0.25, -0.2) is 0 Å². The molecule has 0 atom stereocenters. The first-order valence-corrected chi connectivity index (χ1v) is 7.23. The van der Waals surface area contributed by atoms with Crippen molar-refractivity contribution in [2.24, 2.45) is 10.7 Å². The van der Waals surface area contributed by atoms with Crippen LogP contribution in [0, 0.1) is 6.92 Å². The molecule has 2 rings (SSSR count). The Morgan fingerprint density at radius 2 is 1.91 bits per heavy atom. The van der Waals surface area contributed by atoms with E-state index in [0.29, 0.717) is 12.5 Å². The van der Waals surface area contributed by atoms with E-state index in [1.165, 1.54) is 11.1 Å². The SMILES string of the molecule is Cc1ccc(CCNC(N)=NCCc2ccccn2)cc1.I. The summed E-state index contributed by atoms with van der Waals surface area (Å²) >= 11 is 0. The van der Waals surface area contributed by atoms with Crippen LogP contribution in [0.5, 0.6) is 0 Å². The zero-order chi connectivity index (χ0) is 14.9. The van der Waals surface area contributed by atoms with Crippen molar-refractivity contribution in [2.45, 2.75) is 19.8 Å². The Bertz CT molecular complexity index is 567. The third-order valence-corrected chi connectivity index (χ3v) is 3.22. The van der Waals surface area contributed by atoms with Crippen molar-refractivity contribution in [3.05, 3.63) is 65.5 Å². The van der Waals surface area contributed by atoms with Gasteiger partial charge in [0.1, 0.15) is 0 Å². The van der Waals surface area contributed by atoms with E-state index >= 15 is 0 Å². The number of hydrogen-bond acceptors (Lipinski definition) is 2. The average Bonchev–Trinajstić information content (AvgIpc) is 2.50. The molecule has 1 aromatic carbocycles. The van der Waals surface area contributed by atoms with Crippen LogP contribution in [0.15, 0.2) is 53.7 Å². The molecule has 22 heavy (non-hydrogen) atoms. The van der Waals surface area contributed by atoms with Gasteiger partial charge in [0, 0.05) is 31.4 Å². The lowest BCUT2D eigenvalue weighted by molar-refractivity contribution is 0.839. The molecule has 0 aliphatic heterocycles. The number of aliphatic imine (C=N–C) groups is 1. The maximum absolute atomic E-state index is 5.84. The number of nitrogens with two attached hydrogens (primary N) is 1. The van der Waals surface area contributed by atoms with Gasteiger partial charge in [0.15, 0.2) is 5.96 Å². The first-order chi connectivity index (χ1) is 10.2. The third-order valence-electron chi connectivity index (χ3n) is 3.22. The zero-order valence-corrected chi connectivity index (χ0v) is 15.2. The summed E-state index contributed by atoms with van der Waals surface area (Å²) in [5.74, 6) is 0.498. The van der Waals surface area contributed by atoms with Crippen molar-refractivity contribution >= 4 is 29.9 Å². The third kappa shape index (κ3) is 6.89. The number of benzene rings is 1. The second-order valence-electron chi connectivity index (χ2n) is 5.00. The van der Waals surface area contributed by atoms with Gasteiger partial charge in [-0.2, -0.15) is 0 Å². The number of aryl methyl sites for hydroxylation is 1. The van der Waals surface area contributed by atoms with Crippen LogP contribution in [0.25, 0.3) is 0 Å². The smallest absolute Gasteiger partial charge is 0.188 e. The summed E-state index contributed by atoms with van der Waals surface area (Å²) in [5, 5.41) is 3.14. The number of pyridine rings is 1. The largest absolute Gasteiger partial charge is 0.370 e. The highest BCUT2D eigenvalue weighted by Gasteiger charge is 1.96. The van der Waals surface area contributed by atoms with Gasteiger partial charge in [0.05, 0.1) is 0 Å². The summed E-state index contributed by atoms with van der Waals surface area (Å²) in [6.07, 6.45) is 3.54. The van der Waals surface area contributed by atoms with Crippen LogP contribution >= 0.6 is 24.0 Å². The highest BCUT2D eigenvalue weighted by Crippen LogP contribution is 2.03. The number of guanidine groups is 1. The number of rotatable bonds is 6. The molecule has 2 aromatic rings. The summed E-state index contributed by atoms with van der Waals surface area (Å²) in [5.41, 5.74) is 9.46. The first-order valence-electron chi connectivity index (χ1n) is 7.23. The zero-order valence-electron chi connectivity index (χ0n) is 12.8. The van der Waals surface area contributed by atoms with Crippen molar-refractivity contribution in [2.75, 3.05) is 13.1 Å². The molecule has 3 N–H and O–H groups in total. The van der Waals surface area contributed by atoms with E-state index < -0.39 is 0 Å². The molecule has 5 heteroatoms. The van der Waals surface area contributed by atoms with E-state index in [1.54, 1.807) is 6.20 Å². The average molecular weight is 410 g/mol. The highest BCUT2D eigenvalue weighted by molar-refractivity contribution is 14.0. The Labute approximate surface area is 149 Å². The number of aromatic nitrogens is 1. The van der Waals surface area contributed by atoms with Crippen LogP contribution in [0.1, 0.15) is 16.8 Å². The monoisotopic (exact) mass is 410 g/mol. The highest BCUT2D eigenvalue weighted by atomic mass is 127. The summed E-state index contributed by atoms with van der Waals surface area (Å²) in [6, 6.07) is 14.4. The van der Waals surface area contributed by atoms with Gasteiger partial charge in [0.25, 0.3) is 0 Å². The van der Waals surface area contributed by atoms with Crippen molar-refractivity contribution in [1.29, 1.82) is 0 Å². The van der Waals surface area contributed by atoms with Crippen LogP contribution in [-0.2, 0) is 12.8 Å². The van der Waals surface area contributed by atoms with Gasteiger partial charge in [0.2, 0.25) is 0 Å². The summed E-state index contributed by atoms with van der Waals surface area (Å²) < 4.78 is 0. The molecule has 0 aliphatic rings. The first kappa shape index (κ1) is 18.4. The molecule has 4 nitrogen and oxygen atoms in total. The number of nitrogens with zero attached hydrogens (tertiary/aromatic N) is 2. The van der Waals surface area contributed by atoms with Gasteiger partial charge in [-0.05, 0) is 31.0 Å². The molecule has 0 amide bonds. The lowest BCUT2D eigenvalue weighted by Crippen LogP contribution is -2.33. The maximum atomic E-state index is 5.84. The quantitative estimate of drug-likeness (QED) is 0.437. The van der Waals surface area contributed by atoms with E-state index in [1.807, 2.05) is 18.2 Å². The number of hydrogen-bond donors (Lipinski definition) is 2. The Morgan fingerprint density at radius 1 is 1.14 bits per heavy atom. The predicted molar refractivity (Wildman–Crippen MR) is 103 cm³/mol. The molecule has 0 spiro atoms. The molecule has 0 saturated heterocycles. The Morgan fingerprint density at radius 3 is 2.59 bits per heavy atom. The summed E-state index contributed by atoms with van der Waals surface area (Å²) in [6.45, 7) is 3.54. The fourth-order valence-corrected chi connectivity index (χ4v) is 1.98. The topological polar surface area (TPSA) is 63.3 Å². The van der Waals surface area contributed by atoms with E-state index in [9.17, 15) is 0 Å². The van der Waals surface area contributed by atoms with E-state index in [2.05, 4.69) is 46.5 Å². The molecule has 1 aromatic heterocycles. The Kier molecular flexibility index (Phi) is 8.50. The van der Waals surface area contributed by atoms with Crippen molar-refractivity contribution in [3.8, 4) is 0 Å². The van der Waals surface area contributed by atoms with E-state index in [-0.39, 0.29) is 24.0 Å². The predicted octanol–water partition coefficient (Wildman–Crippen LogP) is 2.70. The van der Waals surface area contributed by atoms with Crippen LogP contribution in [0.3, 0.4) is 0 Å². The lowest BCUT2D eigenvalue weighted by Gasteiger charge is -2.06. The fourth-order valence-electron chi connectivity index (χ4n) is 1.98. The molecule has 0 radical (unpaired) electrons. The second kappa shape index (κ2) is 10.2. The van der Waals surface area contributed by atoms with E-state index in [0.717, 1.165) is 25.1 Å². The minimum atomic E-state index is 0. The van der Waals surface area contributed by atoms with Gasteiger partial charge in [-0.3, -0.25) is 9.98 Å². The van der Waals surface area contributed by atoms with Gasteiger partial charge < -0.3 is 11.1 Å². The van der Waals surface area contributed by atoms with Gasteiger partial charge in [-0.1, -0.05) is 35.9 Å². The molecule has 0 saturated carbocycles. The fraction of sp³-hybridized carbons (Fsp3) is 0.294. The van der Waals surface area contributed by atoms with Gasteiger partial charge >= 0.3 is 0 Å². The normalized spacial score (nSPS) is 10.9. The molecule has 0 bridgehead atoms. The van der Waals surface area contributed by atoms with Crippen molar-refractivity contribution < 1.29 is 0 Å². The van der Waals surface area contributed by atoms with E-state index in [4.69, 9.17) is 5.73 Å². The Hall–Kier alpha value is -1.63. The molecule has 118 valence electrons. The molecule has 0 unspecified atom stereocenters. The molecular weight excluding hydrogens is 387 g/mol. The minimum absolute atomic E-state index is 0. The lowest BCUT2D eigenvalue weighted by atomic mass is 10.1. The standard InChI is InChI=1S/C17H22N4.HI/c1-14-5-7-15(8-6-14)9-12-20-17(18)21-13-10-16-4-2-3-11-19-16;/h2-8,11H,9-10,12-13H2,1H3,(H3,18,20,21);1H. The second-order valence-corrected chi connectivity index (χ2v) is 5.00. The maximum Gasteiger partial charge on any atom is 0.188 e. The van der Waals surface area contributed by atoms with Crippen LogP contribution in [0.2, 0.25) is 0 Å². The Balaban J connectivity index is 0.00000242. The van der Waals surface area contributed by atoms with Crippen molar-refractivity contribution in [3.63, 3.8) is 0 Å². The van der Waals surface area contributed by atoms with Crippen LogP contribution in [0.4, 0.5) is 0 Å². The molecule has 0 aliphatic carbocycles. The number of halogens is 1. The minimum Gasteiger partial charge on any atom is -0.370 e. The van der Waals surface area contributed by atoms with Crippen LogP contribution < -0.4 is 11.1 Å². The molecule has 1 heterocycles. The summed E-state index contributed by atoms with van der Waals surface area (Å²) in [7, 11) is 0. The number of nitrogens with one attached hydrogen (secondary N) is 1. The molecule has 0 fully saturated rings. The summed E-state index contributed by atoms with van der Waals surface area (Å²) in [4.78, 5) is 8.56.